The van der Waals surface area contributed by atoms with Crippen LogP contribution in [0.3, 0.4) is 0 Å². The Kier molecular flexibility index (Phi) is 4.25. The number of hydrogen-bond donors (Lipinski definition) is 1. The van der Waals surface area contributed by atoms with E-state index in [0.29, 0.717) is 12.5 Å². The van der Waals surface area contributed by atoms with Crippen LogP contribution in [0.15, 0.2) is 67.3 Å². The van der Waals surface area contributed by atoms with Gasteiger partial charge in [-0.15, -0.1) is 0 Å². The Morgan fingerprint density at radius 3 is 2.81 bits per heavy atom. The minimum absolute atomic E-state index is 0.171. The maximum atomic E-state index is 11.2. The van der Waals surface area contributed by atoms with Crippen LogP contribution in [0.5, 0.6) is 5.75 Å². The van der Waals surface area contributed by atoms with Crippen molar-refractivity contribution >= 4 is 11.7 Å². The number of anilines is 1. The number of benzene rings is 2. The minimum Gasteiger partial charge on any atom is -0.545 e. The van der Waals surface area contributed by atoms with Crippen molar-refractivity contribution < 1.29 is 14.6 Å². The molecule has 4 rings (SSSR count). The highest BCUT2D eigenvalue weighted by molar-refractivity contribution is 5.87. The van der Waals surface area contributed by atoms with Gasteiger partial charge in [0.1, 0.15) is 12.4 Å². The number of carboxylic acid groups (broad SMARTS) is 1. The fraction of sp³-hybridized carbons (Fsp3) is 0.227. The summed E-state index contributed by atoms with van der Waals surface area (Å²) >= 11 is 0. The Bertz CT molecular complexity index is 869. The van der Waals surface area contributed by atoms with Gasteiger partial charge in [-0.25, -0.2) is 0 Å². The molecule has 4 heteroatoms. The number of nitrogens with one attached hydrogen (secondary N) is 1. The number of ether oxygens (including phenoxy) is 1. The Balaban J connectivity index is 1.65. The van der Waals surface area contributed by atoms with E-state index < -0.39 is 5.97 Å². The topological polar surface area (TPSA) is 61.4 Å². The molecule has 0 radical (unpaired) electrons. The third kappa shape index (κ3) is 2.88. The van der Waals surface area contributed by atoms with E-state index in [-0.39, 0.29) is 17.5 Å². The van der Waals surface area contributed by atoms with Gasteiger partial charge in [0.05, 0.1) is 12.0 Å². The largest absolute Gasteiger partial charge is 0.545 e. The Labute approximate surface area is 152 Å². The van der Waals surface area contributed by atoms with Crippen LogP contribution < -0.4 is 15.2 Å². The third-order valence-corrected chi connectivity index (χ3v) is 5.21. The molecule has 132 valence electrons. The van der Waals surface area contributed by atoms with Crippen molar-refractivity contribution in [3.05, 3.63) is 84.0 Å². The lowest BCUT2D eigenvalue weighted by Gasteiger charge is -2.38. The summed E-state index contributed by atoms with van der Waals surface area (Å²) in [7, 11) is 0. The summed E-state index contributed by atoms with van der Waals surface area (Å²) in [6.45, 7) is 4.15. The van der Waals surface area contributed by atoms with Crippen LogP contribution in [0.4, 0.5) is 5.69 Å². The van der Waals surface area contributed by atoms with Crippen molar-refractivity contribution in [1.82, 2.24) is 0 Å². The standard InChI is InChI=1S/C22H21NO3/c1-2-12-26-16-9-6-14(7-10-16)21-18-5-3-4-17(18)19-13-15(22(24)25)8-11-20(19)23-21/h2-4,6-11,13,17-18,21,23H,1,5,12H2,(H,24,25)/p-1/t17-,18+,21+/m0/s1. The van der Waals surface area contributed by atoms with Gasteiger partial charge in [0.15, 0.2) is 0 Å². The van der Waals surface area contributed by atoms with Crippen molar-refractivity contribution in [2.24, 2.45) is 5.92 Å². The van der Waals surface area contributed by atoms with E-state index in [2.05, 4.69) is 36.2 Å². The molecule has 0 fully saturated rings. The number of carbonyl (C=O) groups excluding carboxylic acids is 1. The third-order valence-electron chi connectivity index (χ3n) is 5.21. The first-order valence-electron chi connectivity index (χ1n) is 8.79. The molecule has 1 heterocycles. The van der Waals surface area contributed by atoms with Gasteiger partial charge >= 0.3 is 0 Å². The highest BCUT2D eigenvalue weighted by Crippen LogP contribution is 2.50. The highest BCUT2D eigenvalue weighted by atomic mass is 16.5. The molecule has 0 spiro atoms. The van der Waals surface area contributed by atoms with Crippen LogP contribution >= 0.6 is 0 Å². The zero-order valence-corrected chi connectivity index (χ0v) is 14.4. The van der Waals surface area contributed by atoms with Gasteiger partial charge < -0.3 is 20.0 Å². The highest BCUT2D eigenvalue weighted by Gasteiger charge is 2.37. The fourth-order valence-electron chi connectivity index (χ4n) is 3.98. The second-order valence-electron chi connectivity index (χ2n) is 6.73. The average molecular weight is 346 g/mol. The molecule has 2 aromatic rings. The summed E-state index contributed by atoms with van der Waals surface area (Å²) in [6.07, 6.45) is 7.07. The SMILES string of the molecule is C=CCOc1ccc([C@H]2Nc3ccc(C(=O)[O-])cc3[C@H]3C=CC[C@H]32)cc1. The number of fused-ring (bicyclic) bond motifs is 3. The molecule has 1 aliphatic heterocycles. The van der Waals surface area contributed by atoms with Crippen molar-refractivity contribution in [2.45, 2.75) is 18.4 Å². The molecule has 0 amide bonds. The van der Waals surface area contributed by atoms with Crippen LogP contribution in [0.25, 0.3) is 0 Å². The van der Waals surface area contributed by atoms with E-state index in [1.807, 2.05) is 18.2 Å². The van der Waals surface area contributed by atoms with Gasteiger partial charge in [-0.1, -0.05) is 43.0 Å². The molecule has 0 bridgehead atoms. The van der Waals surface area contributed by atoms with Crippen LogP contribution in [0.1, 0.15) is 39.9 Å². The smallest absolute Gasteiger partial charge is 0.119 e. The van der Waals surface area contributed by atoms with Crippen molar-refractivity contribution in [2.75, 3.05) is 11.9 Å². The van der Waals surface area contributed by atoms with Crippen LogP contribution in [-0.2, 0) is 0 Å². The fourth-order valence-corrected chi connectivity index (χ4v) is 3.98. The van der Waals surface area contributed by atoms with E-state index >= 15 is 0 Å². The molecule has 0 unspecified atom stereocenters. The quantitative estimate of drug-likeness (QED) is 0.843. The van der Waals surface area contributed by atoms with Gasteiger partial charge in [0.25, 0.3) is 0 Å². The van der Waals surface area contributed by atoms with Crippen molar-refractivity contribution in [1.29, 1.82) is 0 Å². The lowest BCUT2D eigenvalue weighted by Crippen LogP contribution is -2.30. The zero-order chi connectivity index (χ0) is 18.1. The molecule has 0 aromatic heterocycles. The first kappa shape index (κ1) is 16.5. The number of aromatic carboxylic acids is 1. The predicted molar refractivity (Wildman–Crippen MR) is 99.3 cm³/mol. The summed E-state index contributed by atoms with van der Waals surface area (Å²) in [6, 6.07) is 13.5. The molecular formula is C22H20NO3-. The molecule has 0 saturated heterocycles. The van der Waals surface area contributed by atoms with Gasteiger partial charge in [0.2, 0.25) is 0 Å². The monoisotopic (exact) mass is 346 g/mol. The lowest BCUT2D eigenvalue weighted by atomic mass is 9.76. The zero-order valence-electron chi connectivity index (χ0n) is 14.4. The van der Waals surface area contributed by atoms with Gasteiger partial charge in [-0.05, 0) is 53.3 Å². The average Bonchev–Trinajstić information content (AvgIpc) is 3.16. The number of carbonyl (C=O) groups is 1. The maximum absolute atomic E-state index is 11.2. The normalized spacial score (nSPS) is 22.8. The molecular weight excluding hydrogens is 326 g/mol. The molecule has 26 heavy (non-hydrogen) atoms. The van der Waals surface area contributed by atoms with E-state index in [1.165, 1.54) is 5.56 Å². The summed E-state index contributed by atoms with van der Waals surface area (Å²) < 4.78 is 5.56. The van der Waals surface area contributed by atoms with Crippen LogP contribution in [0.2, 0.25) is 0 Å². The number of rotatable bonds is 5. The Morgan fingerprint density at radius 1 is 1.27 bits per heavy atom. The van der Waals surface area contributed by atoms with Gasteiger partial charge in [-0.2, -0.15) is 0 Å². The number of hydrogen-bond acceptors (Lipinski definition) is 4. The summed E-state index contributed by atoms with van der Waals surface area (Å²) in [5.41, 5.74) is 3.45. The van der Waals surface area contributed by atoms with Gasteiger partial charge in [0, 0.05) is 11.6 Å². The maximum Gasteiger partial charge on any atom is 0.119 e. The molecule has 2 aromatic carbocycles. The Morgan fingerprint density at radius 2 is 2.08 bits per heavy atom. The lowest BCUT2D eigenvalue weighted by molar-refractivity contribution is -0.255. The number of allylic oxidation sites excluding steroid dienone is 2. The van der Waals surface area contributed by atoms with Crippen LogP contribution in [-0.4, -0.2) is 12.6 Å². The second-order valence-corrected chi connectivity index (χ2v) is 6.73. The van der Waals surface area contributed by atoms with Crippen molar-refractivity contribution in [3.8, 4) is 5.75 Å². The minimum atomic E-state index is -1.14. The molecule has 4 nitrogen and oxygen atoms in total. The number of carboxylic acids is 1. The van der Waals surface area contributed by atoms with E-state index in [4.69, 9.17) is 4.74 Å². The van der Waals surface area contributed by atoms with E-state index in [9.17, 15) is 9.90 Å². The molecule has 0 saturated carbocycles. The van der Waals surface area contributed by atoms with E-state index in [0.717, 1.165) is 23.4 Å². The summed E-state index contributed by atoms with van der Waals surface area (Å²) in [5, 5.41) is 14.8. The first-order chi connectivity index (χ1) is 12.7. The van der Waals surface area contributed by atoms with Crippen molar-refractivity contribution in [3.63, 3.8) is 0 Å². The Hall–Kier alpha value is -3.01. The second kappa shape index (κ2) is 6.71. The molecule has 2 aliphatic rings. The summed E-state index contributed by atoms with van der Waals surface area (Å²) in [5.74, 6) is 0.264. The summed E-state index contributed by atoms with van der Waals surface area (Å²) in [4.78, 5) is 11.2. The molecule has 3 atom stereocenters. The predicted octanol–water partition coefficient (Wildman–Crippen LogP) is 3.44. The van der Waals surface area contributed by atoms with Crippen LogP contribution in [0, 0.1) is 5.92 Å². The first-order valence-corrected chi connectivity index (χ1v) is 8.79. The van der Waals surface area contributed by atoms with E-state index in [1.54, 1.807) is 18.2 Å². The van der Waals surface area contributed by atoms with Gasteiger partial charge in [-0.3, -0.25) is 0 Å². The molecule has 1 aliphatic carbocycles. The molecule has 1 N–H and O–H groups in total.